The molecule has 6 rings (SSSR count). The van der Waals surface area contributed by atoms with Crippen molar-refractivity contribution in [2.45, 2.75) is 32.1 Å². The van der Waals surface area contributed by atoms with Crippen molar-refractivity contribution >= 4 is 12.2 Å². The van der Waals surface area contributed by atoms with Crippen molar-refractivity contribution in [2.75, 3.05) is 0 Å². The smallest absolute Gasteiger partial charge is 0.0273 e. The Balaban J connectivity index is 1.35. The van der Waals surface area contributed by atoms with Gasteiger partial charge in [0, 0.05) is 36.6 Å². The van der Waals surface area contributed by atoms with Gasteiger partial charge in [0.05, 0.1) is 0 Å². The van der Waals surface area contributed by atoms with E-state index in [0.717, 1.165) is 6.42 Å². The van der Waals surface area contributed by atoms with E-state index in [1.807, 2.05) is 24.8 Å². The van der Waals surface area contributed by atoms with Crippen molar-refractivity contribution in [1.29, 1.82) is 0 Å². The molecule has 160 valence electrons. The quantitative estimate of drug-likeness (QED) is 0.331. The molecule has 2 aromatic carbocycles. The first-order valence-corrected chi connectivity index (χ1v) is 11.6. The summed E-state index contributed by atoms with van der Waals surface area (Å²) in [5.74, 6) is 0.872. The predicted octanol–water partition coefficient (Wildman–Crippen LogP) is 7.90. The molecule has 2 aromatic heterocycles. The van der Waals surface area contributed by atoms with Crippen molar-refractivity contribution < 1.29 is 0 Å². The average Bonchev–Trinajstić information content (AvgIpc) is 3.35. The summed E-state index contributed by atoms with van der Waals surface area (Å²) in [5.41, 5.74) is 13.5. The molecule has 2 heterocycles. The summed E-state index contributed by atoms with van der Waals surface area (Å²) in [7, 11) is 0. The van der Waals surface area contributed by atoms with Gasteiger partial charge >= 0.3 is 0 Å². The first-order valence-electron chi connectivity index (χ1n) is 11.6. The Kier molecular flexibility index (Phi) is 4.80. The molecule has 0 aliphatic heterocycles. The Hall–Kier alpha value is -3.78. The van der Waals surface area contributed by atoms with E-state index in [4.69, 9.17) is 0 Å². The van der Waals surface area contributed by atoms with Gasteiger partial charge in [-0.25, -0.2) is 0 Å². The number of nitrogens with zero attached hydrogens (tertiary/aromatic N) is 2. The zero-order chi connectivity index (χ0) is 22.4. The monoisotopic (exact) mass is 426 g/mol. The molecule has 0 radical (unpaired) electrons. The van der Waals surface area contributed by atoms with Crippen LogP contribution >= 0.6 is 0 Å². The van der Waals surface area contributed by atoms with Gasteiger partial charge in [-0.3, -0.25) is 9.97 Å². The second kappa shape index (κ2) is 7.97. The summed E-state index contributed by atoms with van der Waals surface area (Å²) >= 11 is 0. The van der Waals surface area contributed by atoms with Crippen LogP contribution < -0.4 is 0 Å². The highest BCUT2D eigenvalue weighted by molar-refractivity contribution is 5.75. The lowest BCUT2D eigenvalue weighted by molar-refractivity contribution is 0.643. The van der Waals surface area contributed by atoms with Gasteiger partial charge in [0.2, 0.25) is 0 Å². The van der Waals surface area contributed by atoms with Gasteiger partial charge in [0.15, 0.2) is 0 Å². The van der Waals surface area contributed by atoms with Gasteiger partial charge < -0.3 is 0 Å². The first kappa shape index (κ1) is 19.9. The maximum Gasteiger partial charge on any atom is 0.0273 e. The molecule has 2 aliphatic carbocycles. The molecule has 33 heavy (non-hydrogen) atoms. The standard InChI is InChI=1S/C31H26N2/c1-20-15-26-5-3-24(22-7-11-32-12-8-22)17-30(26)28(20)19-29-21(2)16-27-6-4-25(18-31(27)29)23-9-13-33-14-10-23/h3-18,28-29H,19H2,1-2H3. The highest BCUT2D eigenvalue weighted by Crippen LogP contribution is 2.48. The topological polar surface area (TPSA) is 25.8 Å². The van der Waals surface area contributed by atoms with Crippen molar-refractivity contribution in [3.8, 4) is 22.3 Å². The highest BCUT2D eigenvalue weighted by Gasteiger charge is 2.30. The second-order valence-electron chi connectivity index (χ2n) is 9.28. The van der Waals surface area contributed by atoms with Crippen LogP contribution in [0.2, 0.25) is 0 Å². The lowest BCUT2D eigenvalue weighted by atomic mass is 9.81. The molecule has 0 saturated heterocycles. The zero-order valence-corrected chi connectivity index (χ0v) is 19.0. The molecule has 2 nitrogen and oxygen atoms in total. The van der Waals surface area contributed by atoms with E-state index in [-0.39, 0.29) is 0 Å². The minimum Gasteiger partial charge on any atom is -0.265 e. The van der Waals surface area contributed by atoms with E-state index >= 15 is 0 Å². The molecule has 0 saturated carbocycles. The fraction of sp³-hybridized carbons (Fsp3) is 0.161. The van der Waals surface area contributed by atoms with Crippen LogP contribution in [0.15, 0.2) is 96.6 Å². The van der Waals surface area contributed by atoms with E-state index in [1.165, 1.54) is 55.7 Å². The molecular formula is C31H26N2. The van der Waals surface area contributed by atoms with E-state index in [1.54, 1.807) is 0 Å². The molecular weight excluding hydrogens is 400 g/mol. The number of fused-ring (bicyclic) bond motifs is 2. The Morgan fingerprint density at radius 3 is 1.39 bits per heavy atom. The Labute approximate surface area is 195 Å². The summed E-state index contributed by atoms with van der Waals surface area (Å²) in [6, 6.07) is 22.2. The lowest BCUT2D eigenvalue weighted by Crippen LogP contribution is -2.06. The van der Waals surface area contributed by atoms with Crippen LogP contribution in [0, 0.1) is 0 Å². The number of hydrogen-bond acceptors (Lipinski definition) is 2. The Morgan fingerprint density at radius 2 is 0.970 bits per heavy atom. The largest absolute Gasteiger partial charge is 0.265 e. The van der Waals surface area contributed by atoms with Crippen molar-refractivity contribution in [3.63, 3.8) is 0 Å². The van der Waals surface area contributed by atoms with Gasteiger partial charge in [-0.1, -0.05) is 47.6 Å². The SMILES string of the molecule is CC1=Cc2ccc(-c3ccncc3)cc2C1CC1C(C)=Cc2ccc(-c3ccncc3)cc21. The minimum absolute atomic E-state index is 0.436. The molecule has 0 amide bonds. The molecule has 0 spiro atoms. The maximum atomic E-state index is 4.18. The number of benzene rings is 2. The third-order valence-electron chi connectivity index (χ3n) is 7.29. The summed E-state index contributed by atoms with van der Waals surface area (Å²) in [5, 5.41) is 0. The fourth-order valence-corrected chi connectivity index (χ4v) is 5.51. The average molecular weight is 427 g/mol. The van der Waals surface area contributed by atoms with E-state index in [2.05, 4.69) is 96.6 Å². The Bertz CT molecular complexity index is 1290. The molecule has 0 bridgehead atoms. The summed E-state index contributed by atoms with van der Waals surface area (Å²) in [6.45, 7) is 4.58. The van der Waals surface area contributed by atoms with Crippen molar-refractivity contribution in [2.24, 2.45) is 0 Å². The third kappa shape index (κ3) is 3.52. The summed E-state index contributed by atoms with van der Waals surface area (Å²) < 4.78 is 0. The van der Waals surface area contributed by atoms with Gasteiger partial charge in [-0.15, -0.1) is 0 Å². The van der Waals surface area contributed by atoms with Crippen LogP contribution in [-0.4, -0.2) is 9.97 Å². The van der Waals surface area contributed by atoms with Crippen LogP contribution in [0.25, 0.3) is 34.4 Å². The minimum atomic E-state index is 0.436. The maximum absolute atomic E-state index is 4.18. The van der Waals surface area contributed by atoms with Crippen LogP contribution in [0.5, 0.6) is 0 Å². The van der Waals surface area contributed by atoms with Crippen LogP contribution in [0.3, 0.4) is 0 Å². The number of hydrogen-bond donors (Lipinski definition) is 0. The van der Waals surface area contributed by atoms with Crippen molar-refractivity contribution in [3.05, 3.63) is 119 Å². The summed E-state index contributed by atoms with van der Waals surface area (Å²) in [4.78, 5) is 8.35. The molecule has 0 N–H and O–H groups in total. The lowest BCUT2D eigenvalue weighted by Gasteiger charge is -2.23. The number of aromatic nitrogens is 2. The number of allylic oxidation sites excluding steroid dienone is 2. The van der Waals surface area contributed by atoms with Gasteiger partial charge in [0.25, 0.3) is 0 Å². The highest BCUT2D eigenvalue weighted by atomic mass is 14.6. The van der Waals surface area contributed by atoms with E-state index < -0.39 is 0 Å². The Morgan fingerprint density at radius 1 is 0.545 bits per heavy atom. The predicted molar refractivity (Wildman–Crippen MR) is 137 cm³/mol. The fourth-order valence-electron chi connectivity index (χ4n) is 5.51. The zero-order valence-electron chi connectivity index (χ0n) is 19.0. The second-order valence-corrected chi connectivity index (χ2v) is 9.28. The third-order valence-corrected chi connectivity index (χ3v) is 7.29. The van der Waals surface area contributed by atoms with Gasteiger partial charge in [0.1, 0.15) is 0 Å². The first-order chi connectivity index (χ1) is 16.2. The van der Waals surface area contributed by atoms with Gasteiger partial charge in [-0.05, 0) is 101 Å². The molecule has 2 unspecified atom stereocenters. The summed E-state index contributed by atoms with van der Waals surface area (Å²) in [6.07, 6.45) is 13.3. The molecule has 4 aromatic rings. The number of pyridine rings is 2. The van der Waals surface area contributed by atoms with Crippen LogP contribution in [-0.2, 0) is 0 Å². The molecule has 2 atom stereocenters. The number of rotatable bonds is 4. The van der Waals surface area contributed by atoms with Crippen molar-refractivity contribution in [1.82, 2.24) is 9.97 Å². The van der Waals surface area contributed by atoms with Gasteiger partial charge in [-0.2, -0.15) is 0 Å². The van der Waals surface area contributed by atoms with E-state index in [9.17, 15) is 0 Å². The normalized spacial score (nSPS) is 18.5. The molecule has 0 fully saturated rings. The van der Waals surface area contributed by atoms with Crippen LogP contribution in [0.1, 0.15) is 54.4 Å². The molecule has 2 aliphatic rings. The van der Waals surface area contributed by atoms with Crippen LogP contribution in [0.4, 0.5) is 0 Å². The van der Waals surface area contributed by atoms with E-state index in [0.29, 0.717) is 11.8 Å². The molecule has 2 heteroatoms.